The van der Waals surface area contributed by atoms with Gasteiger partial charge in [0.1, 0.15) is 0 Å². The van der Waals surface area contributed by atoms with Crippen molar-refractivity contribution in [1.29, 1.82) is 0 Å². The molecule has 0 spiro atoms. The van der Waals surface area contributed by atoms with Crippen LogP contribution < -0.4 is 0 Å². The number of hydrogen-bond acceptors (Lipinski definition) is 4. The van der Waals surface area contributed by atoms with E-state index in [2.05, 4.69) is 40.3 Å². The Morgan fingerprint density at radius 2 is 2.17 bits per heavy atom. The van der Waals surface area contributed by atoms with Gasteiger partial charge >= 0.3 is 0 Å². The van der Waals surface area contributed by atoms with Gasteiger partial charge in [-0.3, -0.25) is 10.1 Å². The molecular formula is C18H16N4O. The van der Waals surface area contributed by atoms with Gasteiger partial charge in [-0.2, -0.15) is 5.10 Å². The van der Waals surface area contributed by atoms with Gasteiger partial charge in [-0.25, -0.2) is 4.98 Å². The number of aromatic nitrogens is 3. The molecule has 1 N–H and O–H groups in total. The van der Waals surface area contributed by atoms with Crippen LogP contribution in [-0.4, -0.2) is 34.0 Å². The Hall–Kier alpha value is -2.53. The van der Waals surface area contributed by atoms with Gasteiger partial charge in [-0.05, 0) is 31.0 Å². The van der Waals surface area contributed by atoms with Crippen LogP contribution in [0.15, 0.2) is 29.4 Å². The number of pyridine rings is 1. The van der Waals surface area contributed by atoms with Crippen LogP contribution >= 0.6 is 0 Å². The van der Waals surface area contributed by atoms with Crippen molar-refractivity contribution in [2.24, 2.45) is 4.99 Å². The number of benzene rings is 1. The maximum Gasteiger partial charge on any atom is 0.0783 e. The molecule has 0 saturated carbocycles. The van der Waals surface area contributed by atoms with Gasteiger partial charge in [0.15, 0.2) is 0 Å². The molecule has 4 heterocycles. The molecule has 0 atom stereocenters. The molecule has 23 heavy (non-hydrogen) atoms. The maximum atomic E-state index is 5.74. The van der Waals surface area contributed by atoms with Crippen molar-refractivity contribution < 1.29 is 4.74 Å². The Morgan fingerprint density at radius 3 is 3.04 bits per heavy atom. The Bertz CT molecular complexity index is 1010. The molecule has 0 saturated heterocycles. The van der Waals surface area contributed by atoms with E-state index in [4.69, 9.17) is 9.72 Å². The highest BCUT2D eigenvalue weighted by Crippen LogP contribution is 2.35. The number of fused-ring (bicyclic) bond motifs is 5. The van der Waals surface area contributed by atoms with E-state index < -0.39 is 0 Å². The molecule has 2 aliphatic heterocycles. The molecule has 114 valence electrons. The Balaban J connectivity index is 1.91. The molecule has 0 amide bonds. The van der Waals surface area contributed by atoms with E-state index in [0.29, 0.717) is 6.61 Å². The van der Waals surface area contributed by atoms with Crippen molar-refractivity contribution in [3.05, 3.63) is 41.2 Å². The average Bonchev–Trinajstić information content (AvgIpc) is 3.22. The predicted octanol–water partition coefficient (Wildman–Crippen LogP) is 3.04. The Morgan fingerprint density at radius 1 is 1.22 bits per heavy atom. The van der Waals surface area contributed by atoms with E-state index in [9.17, 15) is 0 Å². The second kappa shape index (κ2) is 4.73. The van der Waals surface area contributed by atoms with Crippen molar-refractivity contribution in [2.75, 3.05) is 13.2 Å². The monoisotopic (exact) mass is 304 g/mol. The van der Waals surface area contributed by atoms with Crippen molar-refractivity contribution in [2.45, 2.75) is 20.0 Å². The summed E-state index contributed by atoms with van der Waals surface area (Å²) in [5.41, 5.74) is 7.89. The summed E-state index contributed by atoms with van der Waals surface area (Å²) >= 11 is 0. The molecule has 0 fully saturated rings. The smallest absolute Gasteiger partial charge is 0.0783 e. The van der Waals surface area contributed by atoms with E-state index in [0.717, 1.165) is 53.0 Å². The molecule has 1 aromatic carbocycles. The summed E-state index contributed by atoms with van der Waals surface area (Å²) in [7, 11) is 0. The first-order chi connectivity index (χ1) is 11.3. The summed E-state index contributed by atoms with van der Waals surface area (Å²) in [6, 6.07) is 4.13. The van der Waals surface area contributed by atoms with Crippen LogP contribution in [-0.2, 0) is 17.8 Å². The second-order valence-electron chi connectivity index (χ2n) is 6.05. The molecule has 2 aromatic heterocycles. The fraction of sp³-hybridized carbons (Fsp3) is 0.278. The van der Waals surface area contributed by atoms with Crippen molar-refractivity contribution in [3.8, 4) is 0 Å². The molecule has 5 heteroatoms. The van der Waals surface area contributed by atoms with Crippen molar-refractivity contribution >= 4 is 33.1 Å². The number of nitrogens with one attached hydrogen (secondary N) is 1. The third-order valence-electron chi connectivity index (χ3n) is 4.80. The van der Waals surface area contributed by atoms with E-state index in [-0.39, 0.29) is 0 Å². The van der Waals surface area contributed by atoms with Gasteiger partial charge in [0.25, 0.3) is 0 Å². The number of rotatable bonds is 1. The number of aromatic amines is 1. The highest BCUT2D eigenvalue weighted by Gasteiger charge is 2.24. The van der Waals surface area contributed by atoms with Crippen LogP contribution in [0.4, 0.5) is 0 Å². The summed E-state index contributed by atoms with van der Waals surface area (Å²) in [5, 5.41) is 9.61. The minimum atomic E-state index is 0.618. The number of nitrogens with zero attached hydrogens (tertiary/aromatic N) is 3. The lowest BCUT2D eigenvalue weighted by atomic mass is 9.92. The fourth-order valence-electron chi connectivity index (χ4n) is 3.68. The zero-order valence-electron chi connectivity index (χ0n) is 12.9. The van der Waals surface area contributed by atoms with Gasteiger partial charge < -0.3 is 4.74 Å². The van der Waals surface area contributed by atoms with Crippen LogP contribution in [0.5, 0.6) is 0 Å². The van der Waals surface area contributed by atoms with E-state index in [1.54, 1.807) is 0 Å². The predicted molar refractivity (Wildman–Crippen MR) is 90.7 cm³/mol. The minimum absolute atomic E-state index is 0.618. The number of aliphatic imine (C=N–C) groups is 1. The summed E-state index contributed by atoms with van der Waals surface area (Å²) in [5.74, 6) is 0. The standard InChI is InChI=1S/C18H16N4O/c1-10-11(4-6-19-10)18-14-9-23-7-5-12(14)17-13-8-20-22-15(13)2-3-16(17)21-18/h2-4,8H,5-7,9H2,1H3,(H,20,22). The van der Waals surface area contributed by atoms with Gasteiger partial charge in [0.2, 0.25) is 0 Å². The molecule has 0 radical (unpaired) electrons. The Kier molecular flexibility index (Phi) is 2.67. The normalized spacial score (nSPS) is 17.4. The number of ether oxygens (including phenoxy) is 1. The maximum absolute atomic E-state index is 5.74. The lowest BCUT2D eigenvalue weighted by Gasteiger charge is -2.22. The summed E-state index contributed by atoms with van der Waals surface area (Å²) in [4.78, 5) is 9.47. The largest absolute Gasteiger partial charge is 0.376 e. The van der Waals surface area contributed by atoms with Gasteiger partial charge in [-0.15, -0.1) is 0 Å². The highest BCUT2D eigenvalue weighted by atomic mass is 16.5. The SMILES string of the molecule is CC1=NCC=C1c1nc2ccc3[nH]ncc3c2c2c1COCC2. The third-order valence-corrected chi connectivity index (χ3v) is 4.80. The number of allylic oxidation sites excluding steroid dienone is 1. The topological polar surface area (TPSA) is 63.2 Å². The van der Waals surface area contributed by atoms with E-state index >= 15 is 0 Å². The van der Waals surface area contributed by atoms with Crippen LogP contribution in [0.1, 0.15) is 23.7 Å². The summed E-state index contributed by atoms with van der Waals surface area (Å²) in [6.07, 6.45) is 4.97. The highest BCUT2D eigenvalue weighted by molar-refractivity contribution is 6.24. The fourth-order valence-corrected chi connectivity index (χ4v) is 3.68. The molecule has 2 aliphatic rings. The van der Waals surface area contributed by atoms with Gasteiger partial charge in [-0.1, -0.05) is 6.08 Å². The lowest BCUT2D eigenvalue weighted by molar-refractivity contribution is 0.111. The first-order valence-electron chi connectivity index (χ1n) is 7.90. The molecule has 0 bridgehead atoms. The third kappa shape index (κ3) is 1.80. The zero-order chi connectivity index (χ0) is 15.4. The van der Waals surface area contributed by atoms with E-state index in [1.165, 1.54) is 16.5 Å². The summed E-state index contributed by atoms with van der Waals surface area (Å²) in [6.45, 7) is 4.18. The van der Waals surface area contributed by atoms with Crippen LogP contribution in [0, 0.1) is 0 Å². The van der Waals surface area contributed by atoms with Crippen LogP contribution in [0.25, 0.3) is 27.4 Å². The molecule has 3 aromatic rings. The first kappa shape index (κ1) is 13.0. The molecule has 0 unspecified atom stereocenters. The first-order valence-corrected chi connectivity index (χ1v) is 7.90. The molecule has 5 rings (SSSR count). The second-order valence-corrected chi connectivity index (χ2v) is 6.05. The molecule has 5 nitrogen and oxygen atoms in total. The zero-order valence-corrected chi connectivity index (χ0v) is 12.9. The molecular weight excluding hydrogens is 288 g/mol. The average molecular weight is 304 g/mol. The minimum Gasteiger partial charge on any atom is -0.376 e. The number of hydrogen-bond donors (Lipinski definition) is 1. The Labute approximate surface area is 133 Å². The van der Waals surface area contributed by atoms with Gasteiger partial charge in [0, 0.05) is 27.6 Å². The lowest BCUT2D eigenvalue weighted by Crippen LogP contribution is -2.15. The van der Waals surface area contributed by atoms with Crippen LogP contribution in [0.2, 0.25) is 0 Å². The van der Waals surface area contributed by atoms with Crippen molar-refractivity contribution in [1.82, 2.24) is 15.2 Å². The van der Waals surface area contributed by atoms with Crippen molar-refractivity contribution in [3.63, 3.8) is 0 Å². The van der Waals surface area contributed by atoms with Crippen LogP contribution in [0.3, 0.4) is 0 Å². The number of H-pyrrole nitrogens is 1. The quantitative estimate of drug-likeness (QED) is 0.751. The summed E-state index contributed by atoms with van der Waals surface area (Å²) < 4.78 is 5.74. The molecule has 0 aliphatic carbocycles. The van der Waals surface area contributed by atoms with Gasteiger partial charge in [0.05, 0.1) is 42.7 Å². The van der Waals surface area contributed by atoms with E-state index in [1.807, 2.05) is 6.20 Å².